The molecule has 1 atom stereocenters. The summed E-state index contributed by atoms with van der Waals surface area (Å²) in [4.78, 5) is 0. The lowest BCUT2D eigenvalue weighted by Crippen LogP contribution is -2.15. The predicted octanol–water partition coefficient (Wildman–Crippen LogP) is 3.33. The van der Waals surface area contributed by atoms with Gasteiger partial charge in [-0.15, -0.1) is 0 Å². The first-order chi connectivity index (χ1) is 9.02. The van der Waals surface area contributed by atoms with Crippen LogP contribution in [0, 0.1) is 18.6 Å². The molecule has 100 valence electrons. The van der Waals surface area contributed by atoms with Crippen molar-refractivity contribution in [3.05, 3.63) is 64.7 Å². The third kappa shape index (κ3) is 2.74. The lowest BCUT2D eigenvalue weighted by atomic mass is 9.95. The summed E-state index contributed by atoms with van der Waals surface area (Å²) in [5.74, 6) is -0.330. The summed E-state index contributed by atoms with van der Waals surface area (Å²) in [5.41, 5.74) is 7.81. The van der Waals surface area contributed by atoms with Crippen molar-refractivity contribution in [2.45, 2.75) is 13.0 Å². The first-order valence-corrected chi connectivity index (χ1v) is 5.88. The van der Waals surface area contributed by atoms with Crippen LogP contribution in [0.15, 0.2) is 36.4 Å². The fraction of sp³-hybridized carbons (Fsp3) is 0.200. The minimum Gasteiger partial charge on any atom is -0.497 e. The highest BCUT2D eigenvalue weighted by Crippen LogP contribution is 2.27. The van der Waals surface area contributed by atoms with E-state index in [0.29, 0.717) is 22.4 Å². The highest BCUT2D eigenvalue weighted by atomic mass is 19.1. The van der Waals surface area contributed by atoms with E-state index in [4.69, 9.17) is 10.5 Å². The topological polar surface area (TPSA) is 35.2 Å². The molecule has 0 saturated heterocycles. The van der Waals surface area contributed by atoms with Crippen molar-refractivity contribution >= 4 is 0 Å². The zero-order valence-electron chi connectivity index (χ0n) is 10.8. The maximum atomic E-state index is 14.0. The van der Waals surface area contributed by atoms with Crippen LogP contribution in [0.3, 0.4) is 0 Å². The van der Waals surface area contributed by atoms with Crippen LogP contribution >= 0.6 is 0 Å². The molecule has 0 saturated carbocycles. The van der Waals surface area contributed by atoms with Crippen molar-refractivity contribution in [1.29, 1.82) is 0 Å². The third-order valence-corrected chi connectivity index (χ3v) is 3.11. The molecule has 0 heterocycles. The quantitative estimate of drug-likeness (QED) is 0.921. The Kier molecular flexibility index (Phi) is 3.81. The number of methoxy groups -OCH3 is 1. The second kappa shape index (κ2) is 5.36. The lowest BCUT2D eigenvalue weighted by Gasteiger charge is -2.16. The summed E-state index contributed by atoms with van der Waals surface area (Å²) < 4.78 is 32.0. The van der Waals surface area contributed by atoms with Gasteiger partial charge in [0.05, 0.1) is 13.2 Å². The average molecular weight is 263 g/mol. The normalized spacial score (nSPS) is 12.3. The summed E-state index contributed by atoms with van der Waals surface area (Å²) in [6.45, 7) is 1.75. The Balaban J connectivity index is 2.41. The fourth-order valence-electron chi connectivity index (χ4n) is 2.04. The number of nitrogens with two attached hydrogens (primary N) is 1. The van der Waals surface area contributed by atoms with Crippen LogP contribution in [-0.4, -0.2) is 7.11 Å². The van der Waals surface area contributed by atoms with Gasteiger partial charge in [0.2, 0.25) is 0 Å². The Morgan fingerprint density at radius 1 is 1.05 bits per heavy atom. The fourth-order valence-corrected chi connectivity index (χ4v) is 2.04. The van der Waals surface area contributed by atoms with Crippen LogP contribution in [0.25, 0.3) is 0 Å². The Hall–Kier alpha value is -1.94. The van der Waals surface area contributed by atoms with E-state index in [2.05, 4.69) is 0 Å². The summed E-state index contributed by atoms with van der Waals surface area (Å²) >= 11 is 0. The molecule has 0 radical (unpaired) electrons. The molecule has 4 heteroatoms. The summed E-state index contributed by atoms with van der Waals surface area (Å²) in [6.07, 6.45) is 0. The average Bonchev–Trinajstić information content (AvgIpc) is 2.37. The zero-order chi connectivity index (χ0) is 14.0. The van der Waals surface area contributed by atoms with Crippen molar-refractivity contribution in [1.82, 2.24) is 0 Å². The van der Waals surface area contributed by atoms with Crippen molar-refractivity contribution < 1.29 is 13.5 Å². The number of aryl methyl sites for hydroxylation is 1. The molecule has 0 fully saturated rings. The Morgan fingerprint density at radius 2 is 1.74 bits per heavy atom. The second-order valence-corrected chi connectivity index (χ2v) is 4.37. The van der Waals surface area contributed by atoms with Gasteiger partial charge in [0.25, 0.3) is 0 Å². The summed E-state index contributed by atoms with van der Waals surface area (Å²) in [5, 5.41) is 0. The van der Waals surface area contributed by atoms with E-state index in [9.17, 15) is 8.78 Å². The van der Waals surface area contributed by atoms with Gasteiger partial charge < -0.3 is 10.5 Å². The number of halogens is 2. The van der Waals surface area contributed by atoms with Gasteiger partial charge in [0, 0.05) is 11.6 Å². The molecule has 2 aromatic rings. The van der Waals surface area contributed by atoms with Crippen LogP contribution in [0.5, 0.6) is 5.75 Å². The molecule has 0 aliphatic heterocycles. The Labute approximate surface area is 110 Å². The molecule has 2 nitrogen and oxygen atoms in total. The molecule has 1 unspecified atom stereocenters. The molecule has 0 aliphatic rings. The van der Waals surface area contributed by atoms with Gasteiger partial charge in [-0.25, -0.2) is 8.78 Å². The van der Waals surface area contributed by atoms with E-state index in [-0.39, 0.29) is 5.82 Å². The highest BCUT2D eigenvalue weighted by Gasteiger charge is 2.16. The van der Waals surface area contributed by atoms with Crippen molar-refractivity contribution in [3.63, 3.8) is 0 Å². The van der Waals surface area contributed by atoms with Crippen LogP contribution in [0.2, 0.25) is 0 Å². The molecule has 2 rings (SSSR count). The molecule has 0 bridgehead atoms. The molecule has 19 heavy (non-hydrogen) atoms. The van der Waals surface area contributed by atoms with Crippen LogP contribution in [0.4, 0.5) is 8.78 Å². The summed E-state index contributed by atoms with van der Waals surface area (Å²) in [7, 11) is 1.47. The monoisotopic (exact) mass is 263 g/mol. The smallest absolute Gasteiger partial charge is 0.132 e. The maximum absolute atomic E-state index is 14.0. The van der Waals surface area contributed by atoms with Crippen LogP contribution in [-0.2, 0) is 0 Å². The number of rotatable bonds is 3. The standard InChI is InChI=1S/C15H15F2NO/c1-9-7-10(16)3-5-12(9)15(18)13-6-4-11(19-2)8-14(13)17/h3-8,15H,18H2,1-2H3. The number of benzene rings is 2. The van der Waals surface area contributed by atoms with Crippen molar-refractivity contribution in [3.8, 4) is 5.75 Å². The molecular formula is C15H15F2NO. The lowest BCUT2D eigenvalue weighted by molar-refractivity contribution is 0.410. The van der Waals surface area contributed by atoms with E-state index in [1.807, 2.05) is 0 Å². The number of ether oxygens (including phenoxy) is 1. The minimum atomic E-state index is -0.633. The van der Waals surface area contributed by atoms with Gasteiger partial charge >= 0.3 is 0 Å². The zero-order valence-corrected chi connectivity index (χ0v) is 10.8. The predicted molar refractivity (Wildman–Crippen MR) is 70.1 cm³/mol. The van der Waals surface area contributed by atoms with Crippen LogP contribution < -0.4 is 10.5 Å². The largest absolute Gasteiger partial charge is 0.497 e. The van der Waals surface area contributed by atoms with Gasteiger partial charge in [-0.2, -0.15) is 0 Å². The molecular weight excluding hydrogens is 248 g/mol. The first-order valence-electron chi connectivity index (χ1n) is 5.88. The van der Waals surface area contributed by atoms with Crippen molar-refractivity contribution in [2.75, 3.05) is 7.11 Å². The van der Waals surface area contributed by atoms with Gasteiger partial charge in [-0.3, -0.25) is 0 Å². The van der Waals surface area contributed by atoms with Gasteiger partial charge in [-0.05, 0) is 36.2 Å². The molecule has 2 N–H and O–H groups in total. The first kappa shape index (κ1) is 13.5. The molecule has 2 aromatic carbocycles. The molecule has 0 aromatic heterocycles. The Morgan fingerprint density at radius 3 is 2.32 bits per heavy atom. The SMILES string of the molecule is COc1ccc(C(N)c2ccc(F)cc2C)c(F)c1. The number of hydrogen-bond acceptors (Lipinski definition) is 2. The third-order valence-electron chi connectivity index (χ3n) is 3.11. The van der Waals surface area contributed by atoms with Crippen LogP contribution in [0.1, 0.15) is 22.7 Å². The molecule has 0 spiro atoms. The second-order valence-electron chi connectivity index (χ2n) is 4.37. The highest BCUT2D eigenvalue weighted by molar-refractivity contribution is 5.39. The maximum Gasteiger partial charge on any atom is 0.132 e. The van der Waals surface area contributed by atoms with E-state index < -0.39 is 11.9 Å². The number of hydrogen-bond donors (Lipinski definition) is 1. The molecule has 0 amide bonds. The Bertz CT molecular complexity index is 599. The van der Waals surface area contributed by atoms with E-state index in [0.717, 1.165) is 0 Å². The van der Waals surface area contributed by atoms with Gasteiger partial charge in [-0.1, -0.05) is 12.1 Å². The van der Waals surface area contributed by atoms with Crippen molar-refractivity contribution in [2.24, 2.45) is 5.73 Å². The minimum absolute atomic E-state index is 0.330. The van der Waals surface area contributed by atoms with E-state index in [1.165, 1.54) is 25.3 Å². The van der Waals surface area contributed by atoms with Gasteiger partial charge in [0.15, 0.2) is 0 Å². The van der Waals surface area contributed by atoms with Gasteiger partial charge in [0.1, 0.15) is 17.4 Å². The molecule has 0 aliphatic carbocycles. The van der Waals surface area contributed by atoms with E-state index in [1.54, 1.807) is 25.1 Å². The van der Waals surface area contributed by atoms with E-state index >= 15 is 0 Å². The summed E-state index contributed by atoms with van der Waals surface area (Å²) in [6, 6.07) is 8.18.